The summed E-state index contributed by atoms with van der Waals surface area (Å²) >= 11 is 1.41. The zero-order chi connectivity index (χ0) is 18.4. The number of ether oxygens (including phenoxy) is 1. The number of benzene rings is 2. The maximum atomic E-state index is 12.4. The van der Waals surface area contributed by atoms with Crippen LogP contribution in [0, 0.1) is 0 Å². The molecule has 0 aliphatic rings. The maximum Gasteiger partial charge on any atom is 0.278 e. The van der Waals surface area contributed by atoms with Crippen molar-refractivity contribution in [2.24, 2.45) is 0 Å². The van der Waals surface area contributed by atoms with Crippen molar-refractivity contribution < 1.29 is 13.2 Å². The van der Waals surface area contributed by atoms with Crippen LogP contribution in [0.4, 0.5) is 0 Å². The Balaban J connectivity index is 1.60. The highest BCUT2D eigenvalue weighted by atomic mass is 32.2. The van der Waals surface area contributed by atoms with Gasteiger partial charge in [-0.15, -0.1) is 0 Å². The molecule has 0 atom stereocenters. The molecule has 0 aliphatic carbocycles. The van der Waals surface area contributed by atoms with Gasteiger partial charge in [0.15, 0.2) is 0 Å². The first-order valence-electron chi connectivity index (χ1n) is 8.32. The van der Waals surface area contributed by atoms with Gasteiger partial charge >= 0.3 is 0 Å². The van der Waals surface area contributed by atoms with E-state index >= 15 is 0 Å². The van der Waals surface area contributed by atoms with E-state index in [1.54, 1.807) is 30.5 Å². The fourth-order valence-corrected chi connectivity index (χ4v) is 3.94. The lowest BCUT2D eigenvalue weighted by atomic mass is 10.1. The standard InChI is InChI=1S/C19H20N2O3S2/c1-2-3-15-6-10-18(11-7-15)26(22,23)21-14-16-4-8-17(9-5-16)24-19-20-12-13-25-19/h4-13,21H,2-3,14H2,1H3. The molecule has 1 N–H and O–H groups in total. The molecule has 1 heterocycles. The first-order chi connectivity index (χ1) is 12.6. The van der Waals surface area contributed by atoms with Crippen LogP contribution >= 0.6 is 11.3 Å². The Morgan fingerprint density at radius 3 is 2.35 bits per heavy atom. The van der Waals surface area contributed by atoms with E-state index < -0.39 is 10.0 Å². The number of hydrogen-bond acceptors (Lipinski definition) is 5. The van der Waals surface area contributed by atoms with Crippen molar-refractivity contribution >= 4 is 21.4 Å². The van der Waals surface area contributed by atoms with Crippen molar-refractivity contribution in [2.75, 3.05) is 0 Å². The Kier molecular flexibility index (Phi) is 6.03. The van der Waals surface area contributed by atoms with Crippen molar-refractivity contribution in [3.8, 4) is 10.9 Å². The van der Waals surface area contributed by atoms with E-state index in [-0.39, 0.29) is 11.4 Å². The number of hydrogen-bond donors (Lipinski definition) is 1. The van der Waals surface area contributed by atoms with E-state index in [4.69, 9.17) is 4.74 Å². The second-order valence-electron chi connectivity index (χ2n) is 5.76. The molecule has 136 valence electrons. The number of thiazole rings is 1. The molecular weight excluding hydrogens is 368 g/mol. The highest BCUT2D eigenvalue weighted by Crippen LogP contribution is 2.23. The van der Waals surface area contributed by atoms with Crippen LogP contribution in [0.5, 0.6) is 10.9 Å². The molecule has 5 nitrogen and oxygen atoms in total. The molecule has 3 aromatic rings. The number of nitrogens with one attached hydrogen (secondary N) is 1. The number of sulfonamides is 1. The van der Waals surface area contributed by atoms with Crippen LogP contribution in [0.15, 0.2) is 65.0 Å². The molecule has 1 aromatic heterocycles. The second-order valence-corrected chi connectivity index (χ2v) is 8.39. The summed E-state index contributed by atoms with van der Waals surface area (Å²) in [7, 11) is -3.53. The van der Waals surface area contributed by atoms with E-state index in [2.05, 4.69) is 16.6 Å². The molecule has 0 amide bonds. The Morgan fingerprint density at radius 2 is 1.73 bits per heavy atom. The van der Waals surface area contributed by atoms with Gasteiger partial charge in [0.05, 0.1) is 4.90 Å². The molecule has 0 bridgehead atoms. The summed E-state index contributed by atoms with van der Waals surface area (Å²) in [5.74, 6) is 0.665. The van der Waals surface area contributed by atoms with Gasteiger partial charge in [-0.2, -0.15) is 0 Å². The lowest BCUT2D eigenvalue weighted by Gasteiger charge is -2.08. The molecule has 0 aliphatic heterocycles. The summed E-state index contributed by atoms with van der Waals surface area (Å²) in [6, 6.07) is 14.3. The van der Waals surface area contributed by atoms with Crippen molar-refractivity contribution in [3.63, 3.8) is 0 Å². The minimum absolute atomic E-state index is 0.219. The van der Waals surface area contributed by atoms with Crippen LogP contribution in [0.3, 0.4) is 0 Å². The molecular formula is C19H20N2O3S2. The second kappa shape index (κ2) is 8.44. The van der Waals surface area contributed by atoms with Gasteiger partial charge in [0.1, 0.15) is 5.75 Å². The third-order valence-corrected chi connectivity index (χ3v) is 5.84. The topological polar surface area (TPSA) is 68.3 Å². The Morgan fingerprint density at radius 1 is 1.04 bits per heavy atom. The number of aromatic nitrogens is 1. The Bertz CT molecular complexity index is 920. The van der Waals surface area contributed by atoms with E-state index in [0.717, 1.165) is 24.0 Å². The van der Waals surface area contributed by atoms with Crippen molar-refractivity contribution in [3.05, 3.63) is 71.2 Å². The fourth-order valence-electron chi connectivity index (χ4n) is 2.42. The SMILES string of the molecule is CCCc1ccc(S(=O)(=O)NCc2ccc(Oc3nccs3)cc2)cc1. The third kappa shape index (κ3) is 4.91. The lowest BCUT2D eigenvalue weighted by Crippen LogP contribution is -2.23. The van der Waals surface area contributed by atoms with Crippen LogP contribution < -0.4 is 9.46 Å². The molecule has 2 aromatic carbocycles. The molecule has 0 unspecified atom stereocenters. The monoisotopic (exact) mass is 388 g/mol. The van der Waals surface area contributed by atoms with E-state index in [9.17, 15) is 8.42 Å². The Hall–Kier alpha value is -2.22. The zero-order valence-electron chi connectivity index (χ0n) is 14.4. The van der Waals surface area contributed by atoms with E-state index in [0.29, 0.717) is 10.9 Å². The smallest absolute Gasteiger partial charge is 0.278 e. The normalized spacial score (nSPS) is 11.4. The number of nitrogens with zero attached hydrogens (tertiary/aromatic N) is 1. The summed E-state index contributed by atoms with van der Waals surface area (Å²) in [6.07, 6.45) is 3.66. The fraction of sp³-hybridized carbons (Fsp3) is 0.211. The minimum Gasteiger partial charge on any atom is -0.431 e. The summed E-state index contributed by atoms with van der Waals surface area (Å²) in [5, 5.41) is 2.41. The third-order valence-electron chi connectivity index (χ3n) is 3.78. The summed E-state index contributed by atoms with van der Waals surface area (Å²) in [6.45, 7) is 2.32. The van der Waals surface area contributed by atoms with E-state index in [1.807, 2.05) is 29.6 Å². The molecule has 0 fully saturated rings. The highest BCUT2D eigenvalue weighted by molar-refractivity contribution is 7.89. The van der Waals surface area contributed by atoms with Gasteiger partial charge < -0.3 is 4.74 Å². The van der Waals surface area contributed by atoms with Crippen LogP contribution in [0.1, 0.15) is 24.5 Å². The maximum absolute atomic E-state index is 12.4. The van der Waals surface area contributed by atoms with Crippen LogP contribution in [-0.2, 0) is 23.0 Å². The summed E-state index contributed by atoms with van der Waals surface area (Å²) < 4.78 is 33.0. The van der Waals surface area contributed by atoms with Crippen LogP contribution in [0.25, 0.3) is 0 Å². The van der Waals surface area contributed by atoms with E-state index in [1.165, 1.54) is 11.3 Å². The molecule has 0 radical (unpaired) electrons. The number of rotatable bonds is 8. The lowest BCUT2D eigenvalue weighted by molar-refractivity contribution is 0.478. The first-order valence-corrected chi connectivity index (χ1v) is 10.7. The molecule has 7 heteroatoms. The van der Waals surface area contributed by atoms with Gasteiger partial charge in [0.25, 0.3) is 5.19 Å². The van der Waals surface area contributed by atoms with Gasteiger partial charge in [0.2, 0.25) is 10.0 Å². The van der Waals surface area contributed by atoms with Gasteiger partial charge in [0, 0.05) is 18.1 Å². The zero-order valence-corrected chi connectivity index (χ0v) is 16.0. The van der Waals surface area contributed by atoms with Crippen LogP contribution in [0.2, 0.25) is 0 Å². The quantitative estimate of drug-likeness (QED) is 0.622. The predicted octanol–water partition coefficient (Wildman–Crippen LogP) is 4.37. The molecule has 0 spiro atoms. The molecule has 3 rings (SSSR count). The van der Waals surface area contributed by atoms with Crippen molar-refractivity contribution in [1.29, 1.82) is 0 Å². The van der Waals surface area contributed by atoms with Gasteiger partial charge in [-0.1, -0.05) is 48.9 Å². The van der Waals surface area contributed by atoms with Crippen molar-refractivity contribution in [1.82, 2.24) is 9.71 Å². The van der Waals surface area contributed by atoms with Gasteiger partial charge in [-0.3, -0.25) is 0 Å². The summed E-state index contributed by atoms with van der Waals surface area (Å²) in [5.41, 5.74) is 1.99. The molecule has 0 saturated carbocycles. The van der Waals surface area contributed by atoms with Crippen molar-refractivity contribution in [2.45, 2.75) is 31.2 Å². The van der Waals surface area contributed by atoms with Gasteiger partial charge in [-0.05, 0) is 41.8 Å². The highest BCUT2D eigenvalue weighted by Gasteiger charge is 2.13. The minimum atomic E-state index is -3.53. The molecule has 0 saturated heterocycles. The average molecular weight is 389 g/mol. The molecule has 26 heavy (non-hydrogen) atoms. The Labute approximate surface area is 157 Å². The summed E-state index contributed by atoms with van der Waals surface area (Å²) in [4.78, 5) is 4.34. The largest absolute Gasteiger partial charge is 0.431 e. The average Bonchev–Trinajstić information content (AvgIpc) is 3.15. The van der Waals surface area contributed by atoms with Crippen LogP contribution in [-0.4, -0.2) is 13.4 Å². The predicted molar refractivity (Wildman–Crippen MR) is 103 cm³/mol. The number of aryl methyl sites for hydroxylation is 1. The first kappa shape index (κ1) is 18.6. The van der Waals surface area contributed by atoms with Gasteiger partial charge in [-0.25, -0.2) is 18.1 Å².